The molecule has 0 radical (unpaired) electrons. The van der Waals surface area contributed by atoms with E-state index in [1.54, 1.807) is 16.8 Å². The summed E-state index contributed by atoms with van der Waals surface area (Å²) in [4.78, 5) is 26.1. The highest BCUT2D eigenvalue weighted by Crippen LogP contribution is 2.27. The first-order chi connectivity index (χ1) is 16.4. The van der Waals surface area contributed by atoms with Crippen LogP contribution in [0.15, 0.2) is 42.9 Å². The van der Waals surface area contributed by atoms with Gasteiger partial charge in [-0.1, -0.05) is 23.7 Å². The molecule has 1 aromatic carbocycles. The van der Waals surface area contributed by atoms with Crippen molar-refractivity contribution < 1.29 is 9.18 Å². The van der Waals surface area contributed by atoms with Crippen molar-refractivity contribution in [2.24, 2.45) is 0 Å². The summed E-state index contributed by atoms with van der Waals surface area (Å²) in [5.41, 5.74) is 1.86. The van der Waals surface area contributed by atoms with Crippen LogP contribution in [0.4, 0.5) is 10.3 Å². The van der Waals surface area contributed by atoms with E-state index in [1.807, 2.05) is 25.2 Å². The summed E-state index contributed by atoms with van der Waals surface area (Å²) in [5, 5.41) is 8.36. The van der Waals surface area contributed by atoms with Gasteiger partial charge < -0.3 is 15.1 Å². The molecule has 3 aromatic rings. The number of aromatic nitrogens is 4. The van der Waals surface area contributed by atoms with Crippen LogP contribution in [0, 0.1) is 5.82 Å². The third kappa shape index (κ3) is 5.90. The van der Waals surface area contributed by atoms with Crippen molar-refractivity contribution in [3.05, 3.63) is 59.4 Å². The van der Waals surface area contributed by atoms with Gasteiger partial charge in [0.1, 0.15) is 5.82 Å². The molecule has 34 heavy (non-hydrogen) atoms. The van der Waals surface area contributed by atoms with Crippen LogP contribution in [0.1, 0.15) is 29.8 Å². The van der Waals surface area contributed by atoms with Crippen molar-refractivity contribution in [3.8, 4) is 11.1 Å². The Morgan fingerprint density at radius 1 is 1.21 bits per heavy atom. The Labute approximate surface area is 203 Å². The highest BCUT2D eigenvalue weighted by molar-refractivity contribution is 6.30. The third-order valence-electron chi connectivity index (χ3n) is 5.90. The number of benzene rings is 1. The van der Waals surface area contributed by atoms with E-state index in [0.29, 0.717) is 41.9 Å². The van der Waals surface area contributed by atoms with Crippen LogP contribution < -0.4 is 5.32 Å². The van der Waals surface area contributed by atoms with Crippen LogP contribution in [0.5, 0.6) is 0 Å². The molecule has 0 spiro atoms. The standard InChI is InChI=1S/C24H29ClFN7O/c1-31(2)11-12-32-16-21(17-6-8-19(26)9-7-17)22(30-32)23(34)33-10-4-3-5-20(33)15-29-24-27-13-18(25)14-28-24/h6-9,13-14,16,20H,3-5,10-12,15H2,1-2H3,(H,27,28,29). The molecule has 8 nitrogen and oxygen atoms in total. The quantitative estimate of drug-likeness (QED) is 0.523. The predicted octanol–water partition coefficient (Wildman–Crippen LogP) is 3.80. The number of nitrogens with one attached hydrogen (secondary N) is 1. The zero-order valence-corrected chi connectivity index (χ0v) is 20.2. The number of nitrogens with zero attached hydrogens (tertiary/aromatic N) is 6. The van der Waals surface area contributed by atoms with Crippen LogP contribution in [-0.2, 0) is 6.54 Å². The van der Waals surface area contributed by atoms with E-state index in [9.17, 15) is 9.18 Å². The van der Waals surface area contributed by atoms with Gasteiger partial charge in [0.2, 0.25) is 5.95 Å². The second-order valence-corrected chi connectivity index (χ2v) is 9.16. The predicted molar refractivity (Wildman–Crippen MR) is 130 cm³/mol. The number of halogens is 2. The lowest BCUT2D eigenvalue weighted by atomic mass is 10.00. The van der Waals surface area contributed by atoms with Crippen LogP contribution in [-0.4, -0.2) is 75.2 Å². The first kappa shape index (κ1) is 24.1. The lowest BCUT2D eigenvalue weighted by Gasteiger charge is -2.35. The SMILES string of the molecule is CN(C)CCn1cc(-c2ccc(F)cc2)c(C(=O)N2CCCCC2CNc2ncc(Cl)cn2)n1. The highest BCUT2D eigenvalue weighted by Gasteiger charge is 2.31. The molecule has 0 aliphatic carbocycles. The van der Waals surface area contributed by atoms with Crippen LogP contribution in [0.25, 0.3) is 11.1 Å². The van der Waals surface area contributed by atoms with Crippen LogP contribution in [0.3, 0.4) is 0 Å². The van der Waals surface area contributed by atoms with Crippen molar-refractivity contribution in [1.82, 2.24) is 29.5 Å². The molecule has 0 bridgehead atoms. The van der Waals surface area contributed by atoms with E-state index in [0.717, 1.165) is 31.4 Å². The van der Waals surface area contributed by atoms with Gasteiger partial charge in [0.25, 0.3) is 5.91 Å². The number of rotatable bonds is 8. The Balaban J connectivity index is 1.58. The number of amides is 1. The molecule has 10 heteroatoms. The Morgan fingerprint density at radius 2 is 1.94 bits per heavy atom. The van der Waals surface area contributed by atoms with Crippen molar-refractivity contribution >= 4 is 23.5 Å². The largest absolute Gasteiger partial charge is 0.352 e. The number of hydrogen-bond donors (Lipinski definition) is 1. The van der Waals surface area contributed by atoms with E-state index in [2.05, 4.69) is 25.3 Å². The van der Waals surface area contributed by atoms with Crippen LogP contribution >= 0.6 is 11.6 Å². The van der Waals surface area contributed by atoms with Gasteiger partial charge in [0.05, 0.1) is 24.0 Å². The zero-order valence-electron chi connectivity index (χ0n) is 19.4. The molecule has 3 heterocycles. The second-order valence-electron chi connectivity index (χ2n) is 8.72. The summed E-state index contributed by atoms with van der Waals surface area (Å²) in [6, 6.07) is 6.16. The molecule has 4 rings (SSSR count). The summed E-state index contributed by atoms with van der Waals surface area (Å²) in [6.07, 6.45) is 7.81. The highest BCUT2D eigenvalue weighted by atomic mass is 35.5. The molecule has 1 atom stereocenters. The number of hydrogen-bond acceptors (Lipinski definition) is 6. The maximum atomic E-state index is 13.8. The summed E-state index contributed by atoms with van der Waals surface area (Å²) < 4.78 is 15.3. The fraction of sp³-hybridized carbons (Fsp3) is 0.417. The lowest BCUT2D eigenvalue weighted by Crippen LogP contribution is -2.47. The second kappa shape index (κ2) is 10.9. The monoisotopic (exact) mass is 485 g/mol. The molecule has 1 fully saturated rings. The van der Waals surface area contributed by atoms with Gasteiger partial charge in [-0.25, -0.2) is 14.4 Å². The van der Waals surface area contributed by atoms with Crippen molar-refractivity contribution in [2.45, 2.75) is 31.8 Å². The summed E-state index contributed by atoms with van der Waals surface area (Å²) in [6.45, 7) is 2.61. The van der Waals surface area contributed by atoms with Gasteiger partial charge in [-0.2, -0.15) is 5.10 Å². The topological polar surface area (TPSA) is 79.2 Å². The minimum absolute atomic E-state index is 0.0199. The normalized spacial score (nSPS) is 16.1. The van der Waals surface area contributed by atoms with Crippen molar-refractivity contribution in [3.63, 3.8) is 0 Å². The zero-order chi connectivity index (χ0) is 24.1. The summed E-state index contributed by atoms with van der Waals surface area (Å²) in [5.74, 6) is 0.0389. The molecule has 1 unspecified atom stereocenters. The van der Waals surface area contributed by atoms with Gasteiger partial charge in [-0.05, 0) is 51.1 Å². The van der Waals surface area contributed by atoms with E-state index in [-0.39, 0.29) is 17.8 Å². The third-order valence-corrected chi connectivity index (χ3v) is 6.10. The molecule has 180 valence electrons. The Bertz CT molecular complexity index is 1100. The molecule has 1 N–H and O–H groups in total. The lowest BCUT2D eigenvalue weighted by molar-refractivity contribution is 0.0622. The Kier molecular flexibility index (Phi) is 7.74. The Morgan fingerprint density at radius 3 is 2.65 bits per heavy atom. The molecule has 2 aromatic heterocycles. The fourth-order valence-electron chi connectivity index (χ4n) is 4.07. The van der Waals surface area contributed by atoms with E-state index in [4.69, 9.17) is 11.6 Å². The van der Waals surface area contributed by atoms with Gasteiger partial charge >= 0.3 is 0 Å². The fourth-order valence-corrected chi connectivity index (χ4v) is 4.16. The van der Waals surface area contributed by atoms with Gasteiger partial charge in [0.15, 0.2) is 5.69 Å². The average Bonchev–Trinajstić information content (AvgIpc) is 3.27. The van der Waals surface area contributed by atoms with Gasteiger partial charge in [-0.3, -0.25) is 9.48 Å². The minimum atomic E-state index is -0.316. The molecule has 0 saturated carbocycles. The smallest absolute Gasteiger partial charge is 0.275 e. The number of piperidine rings is 1. The minimum Gasteiger partial charge on any atom is -0.352 e. The molecule has 1 aliphatic rings. The Hall–Kier alpha value is -3.04. The first-order valence-electron chi connectivity index (χ1n) is 11.4. The van der Waals surface area contributed by atoms with Crippen molar-refractivity contribution in [2.75, 3.05) is 39.0 Å². The van der Waals surface area contributed by atoms with Gasteiger partial charge in [0, 0.05) is 37.4 Å². The molecular formula is C24H29ClFN7O. The molecular weight excluding hydrogens is 457 g/mol. The number of likely N-dealkylation sites (tertiary alicyclic amines) is 1. The van der Waals surface area contributed by atoms with E-state index >= 15 is 0 Å². The van der Waals surface area contributed by atoms with Crippen molar-refractivity contribution in [1.29, 1.82) is 0 Å². The molecule has 1 saturated heterocycles. The number of anilines is 1. The number of likely N-dealkylation sites (N-methyl/N-ethyl adjacent to an activating group) is 1. The summed E-state index contributed by atoms with van der Waals surface area (Å²) in [7, 11) is 3.98. The molecule has 1 aliphatic heterocycles. The van der Waals surface area contributed by atoms with Gasteiger partial charge in [-0.15, -0.1) is 0 Å². The number of carbonyl (C=O) groups excluding carboxylic acids is 1. The molecule has 1 amide bonds. The van der Waals surface area contributed by atoms with E-state index < -0.39 is 0 Å². The first-order valence-corrected chi connectivity index (χ1v) is 11.8. The summed E-state index contributed by atoms with van der Waals surface area (Å²) >= 11 is 5.87. The maximum absolute atomic E-state index is 13.8. The van der Waals surface area contributed by atoms with Crippen LogP contribution in [0.2, 0.25) is 5.02 Å². The van der Waals surface area contributed by atoms with E-state index in [1.165, 1.54) is 24.5 Å². The maximum Gasteiger partial charge on any atom is 0.275 e. The average molecular weight is 486 g/mol. The number of carbonyl (C=O) groups is 1.